The molecule has 0 radical (unpaired) electrons. The van der Waals surface area contributed by atoms with Crippen molar-refractivity contribution in [3.63, 3.8) is 0 Å². The number of aryl methyl sites for hydroxylation is 2. The van der Waals surface area contributed by atoms with Gasteiger partial charge in [-0.2, -0.15) is 0 Å². The number of nitrogens with two attached hydrogens (primary N) is 1. The molecule has 0 atom stereocenters. The van der Waals surface area contributed by atoms with E-state index in [-0.39, 0.29) is 0 Å². The molecule has 1 aromatic carbocycles. The van der Waals surface area contributed by atoms with E-state index < -0.39 is 0 Å². The van der Waals surface area contributed by atoms with Gasteiger partial charge in [-0.1, -0.05) is 24.6 Å². The van der Waals surface area contributed by atoms with Gasteiger partial charge in [0.2, 0.25) is 0 Å². The van der Waals surface area contributed by atoms with Crippen LogP contribution in [0.15, 0.2) is 18.2 Å². The van der Waals surface area contributed by atoms with Gasteiger partial charge in [0.15, 0.2) is 5.82 Å². The normalized spacial score (nSPS) is 13.8. The number of anilines is 1. The summed E-state index contributed by atoms with van der Waals surface area (Å²) in [5.74, 6) is 0.553. The smallest absolute Gasteiger partial charge is 0.169 e. The molecule has 2 aromatic rings. The molecule has 0 aliphatic heterocycles. The highest BCUT2D eigenvalue weighted by atomic mass is 15.4. The van der Waals surface area contributed by atoms with E-state index in [4.69, 9.17) is 5.73 Å². The molecular weight excluding hydrogens is 224 g/mol. The summed E-state index contributed by atoms with van der Waals surface area (Å²) in [6, 6.07) is 6.57. The van der Waals surface area contributed by atoms with Gasteiger partial charge in [0.1, 0.15) is 0 Å². The molecule has 4 nitrogen and oxygen atoms in total. The average molecular weight is 242 g/mol. The summed E-state index contributed by atoms with van der Waals surface area (Å²) in [5.41, 5.74) is 10.9. The first-order chi connectivity index (χ1) is 8.79. The molecule has 1 aliphatic carbocycles. The van der Waals surface area contributed by atoms with E-state index in [0.29, 0.717) is 5.82 Å². The zero-order chi connectivity index (χ0) is 12.5. The first-order valence-corrected chi connectivity index (χ1v) is 6.62. The van der Waals surface area contributed by atoms with Gasteiger partial charge in [0, 0.05) is 0 Å². The lowest BCUT2D eigenvalue weighted by Crippen LogP contribution is -2.04. The third-order valence-electron chi connectivity index (χ3n) is 3.61. The highest BCUT2D eigenvalue weighted by Gasteiger charge is 2.15. The van der Waals surface area contributed by atoms with Gasteiger partial charge in [-0.05, 0) is 48.9 Å². The van der Waals surface area contributed by atoms with Gasteiger partial charge in [0.25, 0.3) is 0 Å². The lowest BCUT2D eigenvalue weighted by atomic mass is 10.1. The van der Waals surface area contributed by atoms with Crippen molar-refractivity contribution in [3.05, 3.63) is 35.0 Å². The molecule has 0 saturated carbocycles. The monoisotopic (exact) mass is 242 g/mol. The van der Waals surface area contributed by atoms with Crippen LogP contribution in [-0.4, -0.2) is 15.0 Å². The highest BCUT2D eigenvalue weighted by molar-refractivity contribution is 5.46. The Morgan fingerprint density at radius 3 is 2.94 bits per heavy atom. The maximum Gasteiger partial charge on any atom is 0.169 e. The van der Waals surface area contributed by atoms with E-state index in [1.54, 1.807) is 0 Å². The second-order valence-electron chi connectivity index (χ2n) is 4.89. The third-order valence-corrected chi connectivity index (χ3v) is 3.61. The Bertz CT molecular complexity index is 571. The minimum atomic E-state index is 0.553. The Hall–Kier alpha value is -1.84. The molecule has 0 fully saturated rings. The highest BCUT2D eigenvalue weighted by Crippen LogP contribution is 2.25. The van der Waals surface area contributed by atoms with Crippen LogP contribution >= 0.6 is 0 Å². The van der Waals surface area contributed by atoms with Crippen molar-refractivity contribution in [1.82, 2.24) is 15.0 Å². The molecular formula is C14H18N4. The Labute approximate surface area is 107 Å². The zero-order valence-corrected chi connectivity index (χ0v) is 10.7. The number of fused-ring (bicyclic) bond motifs is 1. The van der Waals surface area contributed by atoms with Crippen LogP contribution in [0.3, 0.4) is 0 Å². The summed E-state index contributed by atoms with van der Waals surface area (Å²) >= 11 is 0. The molecule has 0 unspecified atom stereocenters. The van der Waals surface area contributed by atoms with E-state index >= 15 is 0 Å². The quantitative estimate of drug-likeness (QED) is 0.898. The molecule has 1 heterocycles. The number of hydrogen-bond acceptors (Lipinski definition) is 3. The number of nitrogens with zero attached hydrogens (tertiary/aromatic N) is 3. The summed E-state index contributed by atoms with van der Waals surface area (Å²) in [7, 11) is 0. The first-order valence-electron chi connectivity index (χ1n) is 6.62. The van der Waals surface area contributed by atoms with Gasteiger partial charge >= 0.3 is 0 Å². The Balaban J connectivity index is 2.04. The van der Waals surface area contributed by atoms with Crippen LogP contribution in [0.1, 0.15) is 36.6 Å². The average Bonchev–Trinajstić information content (AvgIpc) is 2.97. The second kappa shape index (κ2) is 4.44. The van der Waals surface area contributed by atoms with E-state index in [2.05, 4.69) is 35.4 Å². The van der Waals surface area contributed by atoms with Crippen LogP contribution in [0.4, 0.5) is 5.82 Å². The zero-order valence-electron chi connectivity index (χ0n) is 10.7. The van der Waals surface area contributed by atoms with Gasteiger partial charge < -0.3 is 5.73 Å². The van der Waals surface area contributed by atoms with Crippen LogP contribution in [0, 0.1) is 0 Å². The van der Waals surface area contributed by atoms with Crippen LogP contribution < -0.4 is 5.73 Å². The van der Waals surface area contributed by atoms with Crippen molar-refractivity contribution in [3.8, 4) is 5.69 Å². The summed E-state index contributed by atoms with van der Waals surface area (Å²) in [5, 5.41) is 8.17. The van der Waals surface area contributed by atoms with Crippen molar-refractivity contribution in [2.24, 2.45) is 0 Å². The van der Waals surface area contributed by atoms with Crippen molar-refractivity contribution in [2.75, 3.05) is 5.73 Å². The fourth-order valence-electron chi connectivity index (χ4n) is 2.68. The maximum atomic E-state index is 5.88. The predicted molar refractivity (Wildman–Crippen MR) is 71.8 cm³/mol. The van der Waals surface area contributed by atoms with Crippen LogP contribution in [0.25, 0.3) is 5.69 Å². The van der Waals surface area contributed by atoms with Crippen molar-refractivity contribution in [1.29, 1.82) is 0 Å². The molecule has 3 rings (SSSR count). The molecule has 0 spiro atoms. The Kier molecular flexibility index (Phi) is 2.78. The standard InChI is InChI=1S/C14H18N4/c1-2-4-13-14(15)16-17-18(13)12-8-7-10-5-3-6-11(10)9-12/h7-9H,2-6,15H2,1H3. The molecule has 18 heavy (non-hydrogen) atoms. The molecule has 1 aromatic heterocycles. The van der Waals surface area contributed by atoms with Crippen LogP contribution in [-0.2, 0) is 19.3 Å². The predicted octanol–water partition coefficient (Wildman–Crippen LogP) is 2.29. The fraction of sp³-hybridized carbons (Fsp3) is 0.429. The Morgan fingerprint density at radius 1 is 1.28 bits per heavy atom. The van der Waals surface area contributed by atoms with Crippen molar-refractivity contribution in [2.45, 2.75) is 39.0 Å². The summed E-state index contributed by atoms with van der Waals surface area (Å²) < 4.78 is 1.89. The molecule has 0 saturated heterocycles. The van der Waals surface area contributed by atoms with Crippen molar-refractivity contribution >= 4 is 5.82 Å². The van der Waals surface area contributed by atoms with Gasteiger partial charge in [-0.3, -0.25) is 0 Å². The van der Waals surface area contributed by atoms with Gasteiger partial charge in [-0.25, -0.2) is 4.68 Å². The molecule has 2 N–H and O–H groups in total. The second-order valence-corrected chi connectivity index (χ2v) is 4.89. The van der Waals surface area contributed by atoms with Gasteiger partial charge in [0.05, 0.1) is 11.4 Å². The molecule has 94 valence electrons. The molecule has 0 amide bonds. The minimum Gasteiger partial charge on any atom is -0.381 e. The number of nitrogen functional groups attached to an aromatic ring is 1. The Morgan fingerprint density at radius 2 is 2.11 bits per heavy atom. The summed E-state index contributed by atoms with van der Waals surface area (Å²) in [4.78, 5) is 0. The van der Waals surface area contributed by atoms with E-state index in [1.807, 2.05) is 4.68 Å². The lowest BCUT2D eigenvalue weighted by Gasteiger charge is -2.08. The number of hydrogen-bond donors (Lipinski definition) is 1. The largest absolute Gasteiger partial charge is 0.381 e. The number of aromatic nitrogens is 3. The summed E-state index contributed by atoms with van der Waals surface area (Å²) in [6.07, 6.45) is 5.60. The van der Waals surface area contributed by atoms with Crippen LogP contribution in [0.5, 0.6) is 0 Å². The van der Waals surface area contributed by atoms with E-state index in [9.17, 15) is 0 Å². The minimum absolute atomic E-state index is 0.553. The van der Waals surface area contributed by atoms with Gasteiger partial charge in [-0.15, -0.1) is 5.10 Å². The fourth-order valence-corrected chi connectivity index (χ4v) is 2.68. The number of rotatable bonds is 3. The SMILES string of the molecule is CCCc1c(N)nnn1-c1ccc2c(c1)CCC2. The van der Waals surface area contributed by atoms with E-state index in [0.717, 1.165) is 24.2 Å². The first kappa shape index (κ1) is 11.3. The molecule has 4 heteroatoms. The topological polar surface area (TPSA) is 56.7 Å². The maximum absolute atomic E-state index is 5.88. The van der Waals surface area contributed by atoms with Crippen molar-refractivity contribution < 1.29 is 0 Å². The molecule has 0 bridgehead atoms. The third kappa shape index (κ3) is 1.78. The number of benzene rings is 1. The summed E-state index contributed by atoms with van der Waals surface area (Å²) in [6.45, 7) is 2.14. The van der Waals surface area contributed by atoms with E-state index in [1.165, 1.54) is 30.4 Å². The molecule has 1 aliphatic rings. The van der Waals surface area contributed by atoms with Crippen LogP contribution in [0.2, 0.25) is 0 Å². The lowest BCUT2D eigenvalue weighted by molar-refractivity contribution is 0.745.